The minimum atomic E-state index is -1.09. The van der Waals surface area contributed by atoms with Gasteiger partial charge in [0.25, 0.3) is 5.91 Å². The molecular weight excluding hydrogens is 336 g/mol. The maximum absolute atomic E-state index is 12.1. The molecule has 0 radical (unpaired) electrons. The fraction of sp³-hybridized carbons (Fsp3) is 0.278. The number of aromatic nitrogens is 1. The second-order valence-electron chi connectivity index (χ2n) is 6.29. The summed E-state index contributed by atoms with van der Waals surface area (Å²) in [5, 5.41) is 13.9. The van der Waals surface area contributed by atoms with Crippen molar-refractivity contribution in [2.75, 3.05) is 0 Å². The van der Waals surface area contributed by atoms with Gasteiger partial charge < -0.3 is 20.6 Å². The molecule has 1 amide bonds. The minimum Gasteiger partial charge on any atom is -0.480 e. The van der Waals surface area contributed by atoms with Crippen LogP contribution in [-0.2, 0) is 20.7 Å². The van der Waals surface area contributed by atoms with Crippen LogP contribution in [0.4, 0.5) is 0 Å². The Morgan fingerprint density at radius 1 is 1.38 bits per heavy atom. The monoisotopic (exact) mass is 356 g/mol. The number of nitrogens with zero attached hydrogens (tertiary/aromatic N) is 1. The number of amides is 1. The molecule has 2 aromatic rings. The van der Waals surface area contributed by atoms with Crippen molar-refractivity contribution < 1.29 is 19.4 Å². The molecule has 136 valence electrons. The zero-order chi connectivity index (χ0) is 18.8. The van der Waals surface area contributed by atoms with Crippen LogP contribution in [-0.4, -0.2) is 40.0 Å². The van der Waals surface area contributed by atoms with E-state index in [-0.39, 0.29) is 29.9 Å². The number of hydrazone groups is 1. The van der Waals surface area contributed by atoms with Gasteiger partial charge in [-0.3, -0.25) is 9.59 Å². The number of hydrogen-bond acceptors (Lipinski definition) is 5. The maximum atomic E-state index is 12.1. The van der Waals surface area contributed by atoms with Crippen LogP contribution in [0.15, 0.2) is 34.9 Å². The van der Waals surface area contributed by atoms with Gasteiger partial charge in [-0.05, 0) is 31.6 Å². The van der Waals surface area contributed by atoms with Gasteiger partial charge in [0.1, 0.15) is 11.6 Å². The third-order valence-corrected chi connectivity index (χ3v) is 3.96. The number of aliphatic carboxylic acids is 1. The lowest BCUT2D eigenvalue weighted by molar-refractivity contribution is -0.138. The van der Waals surface area contributed by atoms with Crippen molar-refractivity contribution in [2.24, 2.45) is 10.8 Å². The van der Waals surface area contributed by atoms with Crippen LogP contribution in [0.25, 0.3) is 17.0 Å². The molecule has 0 aliphatic carbocycles. The molecule has 0 saturated heterocycles. The normalized spacial score (nSPS) is 16.8. The SMILES string of the molecule is CC(C)OC1=NNC(=O)C1=Cc1[nH]c2ccccc2c1CC(N)C(=O)O. The van der Waals surface area contributed by atoms with E-state index in [1.54, 1.807) is 6.08 Å². The van der Waals surface area contributed by atoms with Crippen LogP contribution in [0.2, 0.25) is 0 Å². The summed E-state index contributed by atoms with van der Waals surface area (Å²) in [6, 6.07) is 6.44. The molecule has 0 saturated carbocycles. The number of H-pyrrole nitrogens is 1. The average Bonchev–Trinajstić information content (AvgIpc) is 3.10. The Hall–Kier alpha value is -3.13. The van der Waals surface area contributed by atoms with E-state index >= 15 is 0 Å². The fourth-order valence-electron chi connectivity index (χ4n) is 2.78. The van der Waals surface area contributed by atoms with Gasteiger partial charge in [0.2, 0.25) is 5.90 Å². The van der Waals surface area contributed by atoms with E-state index in [1.807, 2.05) is 38.1 Å². The van der Waals surface area contributed by atoms with Gasteiger partial charge in [-0.2, -0.15) is 0 Å². The molecule has 8 nitrogen and oxygen atoms in total. The highest BCUT2D eigenvalue weighted by Crippen LogP contribution is 2.26. The van der Waals surface area contributed by atoms with E-state index in [4.69, 9.17) is 15.6 Å². The summed E-state index contributed by atoms with van der Waals surface area (Å²) < 4.78 is 5.57. The second kappa shape index (κ2) is 7.01. The van der Waals surface area contributed by atoms with Crippen molar-refractivity contribution in [3.05, 3.63) is 41.1 Å². The lowest BCUT2D eigenvalue weighted by atomic mass is 10.0. The van der Waals surface area contributed by atoms with Gasteiger partial charge in [-0.15, -0.1) is 5.10 Å². The molecule has 1 aliphatic heterocycles. The number of carboxylic acids is 1. The molecule has 1 aromatic carbocycles. The number of hydrogen-bond donors (Lipinski definition) is 4. The third kappa shape index (κ3) is 3.45. The van der Waals surface area contributed by atoms with Gasteiger partial charge in [0.15, 0.2) is 0 Å². The Balaban J connectivity index is 2.08. The Labute approximate surface area is 149 Å². The number of carbonyl (C=O) groups is 2. The number of carbonyl (C=O) groups excluding carboxylic acids is 1. The molecule has 0 fully saturated rings. The van der Waals surface area contributed by atoms with Crippen molar-refractivity contribution in [1.82, 2.24) is 10.4 Å². The van der Waals surface area contributed by atoms with Gasteiger partial charge in [0, 0.05) is 23.0 Å². The lowest BCUT2D eigenvalue weighted by Gasteiger charge is -2.09. The van der Waals surface area contributed by atoms with Crippen molar-refractivity contribution in [3.63, 3.8) is 0 Å². The van der Waals surface area contributed by atoms with E-state index in [9.17, 15) is 9.59 Å². The molecule has 3 rings (SSSR count). The number of rotatable bonds is 5. The van der Waals surface area contributed by atoms with Crippen LogP contribution >= 0.6 is 0 Å². The van der Waals surface area contributed by atoms with E-state index in [0.717, 1.165) is 16.5 Å². The van der Waals surface area contributed by atoms with Gasteiger partial charge in [0.05, 0.1) is 6.10 Å². The smallest absolute Gasteiger partial charge is 0.320 e. The first-order valence-corrected chi connectivity index (χ1v) is 8.21. The molecule has 0 spiro atoms. The number of carboxylic acid groups (broad SMARTS) is 1. The first-order chi connectivity index (χ1) is 12.4. The van der Waals surface area contributed by atoms with Crippen molar-refractivity contribution in [1.29, 1.82) is 0 Å². The number of nitrogens with one attached hydrogen (secondary N) is 2. The lowest BCUT2D eigenvalue weighted by Crippen LogP contribution is -2.32. The number of fused-ring (bicyclic) bond motifs is 1. The van der Waals surface area contributed by atoms with Crippen LogP contribution in [0, 0.1) is 0 Å². The Kier molecular flexibility index (Phi) is 4.77. The number of benzene rings is 1. The van der Waals surface area contributed by atoms with Gasteiger partial charge in [-0.1, -0.05) is 18.2 Å². The highest BCUT2D eigenvalue weighted by atomic mass is 16.5. The van der Waals surface area contributed by atoms with E-state index in [0.29, 0.717) is 5.69 Å². The van der Waals surface area contributed by atoms with Crippen LogP contribution in [0.5, 0.6) is 0 Å². The van der Waals surface area contributed by atoms with E-state index < -0.39 is 12.0 Å². The predicted octanol–water partition coefficient (Wildman–Crippen LogP) is 1.37. The zero-order valence-electron chi connectivity index (χ0n) is 14.4. The zero-order valence-corrected chi connectivity index (χ0v) is 14.4. The van der Waals surface area contributed by atoms with Gasteiger partial charge in [-0.25, -0.2) is 5.43 Å². The summed E-state index contributed by atoms with van der Waals surface area (Å²) in [5.74, 6) is -1.26. The maximum Gasteiger partial charge on any atom is 0.320 e. The Morgan fingerprint density at radius 3 is 2.81 bits per heavy atom. The molecule has 2 heterocycles. The summed E-state index contributed by atoms with van der Waals surface area (Å²) in [6.45, 7) is 3.67. The quantitative estimate of drug-likeness (QED) is 0.601. The first kappa shape index (κ1) is 17.7. The molecule has 0 bridgehead atoms. The number of aromatic amines is 1. The summed E-state index contributed by atoms with van der Waals surface area (Å²) >= 11 is 0. The number of para-hydroxylation sites is 1. The largest absolute Gasteiger partial charge is 0.480 e. The number of nitrogens with two attached hydrogens (primary N) is 1. The summed E-state index contributed by atoms with van der Waals surface area (Å²) in [5.41, 5.74) is 10.6. The standard InChI is InChI=1S/C18H20N4O4/c1-9(2)26-17-12(16(23)21-22-17)8-15-11(7-13(19)18(24)25)10-5-3-4-6-14(10)20-15/h3-6,8-9,13,20H,7,19H2,1-2H3,(H,21,23)(H,24,25). The second-order valence-corrected chi connectivity index (χ2v) is 6.29. The molecule has 26 heavy (non-hydrogen) atoms. The first-order valence-electron chi connectivity index (χ1n) is 8.21. The Bertz CT molecular complexity index is 926. The molecular formula is C18H20N4O4. The molecule has 1 aromatic heterocycles. The van der Waals surface area contributed by atoms with Gasteiger partial charge >= 0.3 is 5.97 Å². The van der Waals surface area contributed by atoms with E-state index in [2.05, 4.69) is 15.5 Å². The molecule has 8 heteroatoms. The van der Waals surface area contributed by atoms with Crippen LogP contribution < -0.4 is 11.2 Å². The predicted molar refractivity (Wildman–Crippen MR) is 97.4 cm³/mol. The number of ether oxygens (including phenoxy) is 1. The average molecular weight is 356 g/mol. The highest BCUT2D eigenvalue weighted by Gasteiger charge is 2.26. The third-order valence-electron chi connectivity index (χ3n) is 3.96. The van der Waals surface area contributed by atoms with Crippen molar-refractivity contribution >= 4 is 34.8 Å². The van der Waals surface area contributed by atoms with Crippen molar-refractivity contribution in [3.8, 4) is 0 Å². The summed E-state index contributed by atoms with van der Waals surface area (Å²) in [4.78, 5) is 26.5. The molecule has 1 atom stereocenters. The summed E-state index contributed by atoms with van der Waals surface area (Å²) in [7, 11) is 0. The van der Waals surface area contributed by atoms with Crippen molar-refractivity contribution in [2.45, 2.75) is 32.4 Å². The molecule has 1 aliphatic rings. The summed E-state index contributed by atoms with van der Waals surface area (Å²) in [6.07, 6.45) is 1.60. The fourth-order valence-corrected chi connectivity index (χ4v) is 2.78. The van der Waals surface area contributed by atoms with Crippen LogP contribution in [0.1, 0.15) is 25.1 Å². The Morgan fingerprint density at radius 2 is 2.12 bits per heavy atom. The van der Waals surface area contributed by atoms with E-state index in [1.165, 1.54) is 0 Å². The highest BCUT2D eigenvalue weighted by molar-refractivity contribution is 6.24. The molecule has 5 N–H and O–H groups in total. The minimum absolute atomic E-state index is 0.123. The molecule has 1 unspecified atom stereocenters. The topological polar surface area (TPSA) is 130 Å². The van der Waals surface area contributed by atoms with Crippen LogP contribution in [0.3, 0.4) is 0 Å².